The highest BCUT2D eigenvalue weighted by Gasteiger charge is 2.10. The van der Waals surface area contributed by atoms with E-state index in [1.165, 1.54) is 32.4 Å². The van der Waals surface area contributed by atoms with Crippen molar-refractivity contribution in [2.75, 3.05) is 26.2 Å². The second-order valence-electron chi connectivity index (χ2n) is 6.01. The van der Waals surface area contributed by atoms with Crippen molar-refractivity contribution >= 4 is 0 Å². The normalized spacial score (nSPS) is 15.3. The van der Waals surface area contributed by atoms with Gasteiger partial charge >= 0.3 is 0 Å². The lowest BCUT2D eigenvalue weighted by molar-refractivity contribution is -0.305. The fraction of sp³-hybridized carbons (Fsp3) is 0.400. The molecule has 0 aromatic heterocycles. The standard InChI is InChI=1S/C20H25NO3/c1-3-10-19(11-4-1)24-20-12-6-5-9-18(20)17-23-22-16-15-21-13-7-2-8-14-21/h1,3-6,9-12H,2,7-8,13-17H2. The molecule has 0 unspecified atom stereocenters. The number of ether oxygens (including phenoxy) is 1. The van der Waals surface area contributed by atoms with E-state index < -0.39 is 0 Å². The van der Waals surface area contributed by atoms with Crippen LogP contribution in [0, 0.1) is 0 Å². The molecule has 1 aliphatic rings. The van der Waals surface area contributed by atoms with Crippen molar-refractivity contribution in [1.29, 1.82) is 0 Å². The van der Waals surface area contributed by atoms with Gasteiger partial charge in [-0.15, -0.1) is 0 Å². The quantitative estimate of drug-likeness (QED) is 0.408. The van der Waals surface area contributed by atoms with Crippen LogP contribution in [-0.2, 0) is 16.4 Å². The van der Waals surface area contributed by atoms with Gasteiger partial charge in [-0.05, 0) is 44.1 Å². The lowest BCUT2D eigenvalue weighted by Gasteiger charge is -2.25. The van der Waals surface area contributed by atoms with Gasteiger partial charge in [-0.2, -0.15) is 0 Å². The van der Waals surface area contributed by atoms with Crippen LogP contribution in [0.1, 0.15) is 24.8 Å². The Morgan fingerprint density at radius 1 is 0.792 bits per heavy atom. The molecule has 0 atom stereocenters. The van der Waals surface area contributed by atoms with Crippen molar-refractivity contribution in [2.45, 2.75) is 25.9 Å². The Hall–Kier alpha value is -1.88. The van der Waals surface area contributed by atoms with E-state index in [2.05, 4.69) is 4.90 Å². The van der Waals surface area contributed by atoms with Gasteiger partial charge in [0, 0.05) is 12.1 Å². The minimum Gasteiger partial charge on any atom is -0.457 e. The largest absolute Gasteiger partial charge is 0.457 e. The molecule has 24 heavy (non-hydrogen) atoms. The van der Waals surface area contributed by atoms with Gasteiger partial charge in [-0.1, -0.05) is 42.8 Å². The molecule has 2 aromatic rings. The molecule has 0 N–H and O–H groups in total. The number of piperidine rings is 1. The summed E-state index contributed by atoms with van der Waals surface area (Å²) in [6.45, 7) is 4.26. The third-order valence-electron chi connectivity index (χ3n) is 4.18. The molecule has 0 amide bonds. The molecule has 0 spiro atoms. The maximum atomic E-state index is 5.92. The van der Waals surface area contributed by atoms with Crippen LogP contribution in [0.15, 0.2) is 54.6 Å². The van der Waals surface area contributed by atoms with E-state index in [0.29, 0.717) is 13.2 Å². The summed E-state index contributed by atoms with van der Waals surface area (Å²) in [6, 6.07) is 17.6. The molecule has 1 aliphatic heterocycles. The first-order chi connectivity index (χ1) is 11.9. The Labute approximate surface area is 143 Å². The summed E-state index contributed by atoms with van der Waals surface area (Å²) in [5.74, 6) is 1.61. The molecule has 128 valence electrons. The molecule has 0 radical (unpaired) electrons. The minimum atomic E-state index is 0.378. The summed E-state index contributed by atoms with van der Waals surface area (Å²) in [4.78, 5) is 13.2. The van der Waals surface area contributed by atoms with Gasteiger partial charge < -0.3 is 9.64 Å². The first kappa shape index (κ1) is 17.0. The van der Waals surface area contributed by atoms with Crippen LogP contribution in [0.2, 0.25) is 0 Å². The number of para-hydroxylation sites is 2. The van der Waals surface area contributed by atoms with Crippen molar-refractivity contribution in [3.63, 3.8) is 0 Å². The molecule has 1 heterocycles. The number of rotatable bonds is 8. The highest BCUT2D eigenvalue weighted by Crippen LogP contribution is 2.25. The predicted octanol–water partition coefficient (Wildman–Crippen LogP) is 4.41. The van der Waals surface area contributed by atoms with E-state index in [4.69, 9.17) is 14.5 Å². The second kappa shape index (κ2) is 9.42. The molecular formula is C20H25NO3. The predicted molar refractivity (Wildman–Crippen MR) is 94.0 cm³/mol. The number of nitrogens with zero attached hydrogens (tertiary/aromatic N) is 1. The molecule has 1 fully saturated rings. The van der Waals surface area contributed by atoms with E-state index in [1.54, 1.807) is 0 Å². The van der Waals surface area contributed by atoms with Crippen LogP contribution in [0.25, 0.3) is 0 Å². The Kier molecular flexibility index (Phi) is 6.66. The van der Waals surface area contributed by atoms with Crippen molar-refractivity contribution in [3.05, 3.63) is 60.2 Å². The lowest BCUT2D eigenvalue weighted by atomic mass is 10.1. The zero-order valence-corrected chi connectivity index (χ0v) is 14.0. The van der Waals surface area contributed by atoms with Crippen molar-refractivity contribution in [1.82, 2.24) is 4.90 Å². The average Bonchev–Trinajstić information content (AvgIpc) is 2.64. The monoisotopic (exact) mass is 327 g/mol. The van der Waals surface area contributed by atoms with Gasteiger partial charge in [0.05, 0.1) is 6.61 Å². The average molecular weight is 327 g/mol. The summed E-state index contributed by atoms with van der Waals surface area (Å²) >= 11 is 0. The van der Waals surface area contributed by atoms with Gasteiger partial charge in [0.15, 0.2) is 0 Å². The number of hydrogen-bond donors (Lipinski definition) is 0. The van der Waals surface area contributed by atoms with E-state index in [9.17, 15) is 0 Å². The van der Waals surface area contributed by atoms with Crippen molar-refractivity contribution in [2.24, 2.45) is 0 Å². The summed E-state index contributed by atoms with van der Waals surface area (Å²) in [5.41, 5.74) is 0.972. The molecular weight excluding hydrogens is 302 g/mol. The smallest absolute Gasteiger partial charge is 0.133 e. The van der Waals surface area contributed by atoms with Crippen LogP contribution in [-0.4, -0.2) is 31.1 Å². The molecule has 0 bridgehead atoms. The fourth-order valence-electron chi connectivity index (χ4n) is 2.85. The number of benzene rings is 2. The second-order valence-corrected chi connectivity index (χ2v) is 6.01. The summed E-state index contributed by atoms with van der Waals surface area (Å²) in [7, 11) is 0. The molecule has 3 rings (SSSR count). The lowest BCUT2D eigenvalue weighted by Crippen LogP contribution is -2.32. The van der Waals surface area contributed by atoms with E-state index in [1.807, 2.05) is 54.6 Å². The maximum Gasteiger partial charge on any atom is 0.133 e. The molecule has 4 heteroatoms. The molecule has 4 nitrogen and oxygen atoms in total. The van der Waals surface area contributed by atoms with Crippen molar-refractivity contribution in [3.8, 4) is 11.5 Å². The first-order valence-corrected chi connectivity index (χ1v) is 8.69. The van der Waals surface area contributed by atoms with E-state index >= 15 is 0 Å². The van der Waals surface area contributed by atoms with Crippen LogP contribution < -0.4 is 4.74 Å². The van der Waals surface area contributed by atoms with Gasteiger partial charge in [0.2, 0.25) is 0 Å². The van der Waals surface area contributed by atoms with Gasteiger partial charge in [0.25, 0.3) is 0 Å². The van der Waals surface area contributed by atoms with Gasteiger partial charge in [-0.3, -0.25) is 0 Å². The molecule has 0 saturated carbocycles. The SMILES string of the molecule is c1ccc(Oc2ccccc2COOCCN2CCCCC2)cc1. The third-order valence-corrected chi connectivity index (χ3v) is 4.18. The topological polar surface area (TPSA) is 30.9 Å². The van der Waals surface area contributed by atoms with E-state index in [0.717, 1.165) is 23.6 Å². The minimum absolute atomic E-state index is 0.378. The number of hydrogen-bond acceptors (Lipinski definition) is 4. The summed E-state index contributed by atoms with van der Waals surface area (Å²) in [5, 5.41) is 0. The van der Waals surface area contributed by atoms with Crippen LogP contribution in [0.4, 0.5) is 0 Å². The summed E-state index contributed by atoms with van der Waals surface area (Å²) < 4.78 is 5.92. The van der Waals surface area contributed by atoms with Crippen molar-refractivity contribution < 1.29 is 14.5 Å². The Bertz CT molecular complexity index is 597. The van der Waals surface area contributed by atoms with E-state index in [-0.39, 0.29) is 0 Å². The first-order valence-electron chi connectivity index (χ1n) is 8.69. The Morgan fingerprint density at radius 2 is 1.54 bits per heavy atom. The summed E-state index contributed by atoms with van der Waals surface area (Å²) in [6.07, 6.45) is 3.95. The Balaban J connectivity index is 1.43. The van der Waals surface area contributed by atoms with Gasteiger partial charge in [-0.25, -0.2) is 9.78 Å². The Morgan fingerprint density at radius 3 is 2.38 bits per heavy atom. The van der Waals surface area contributed by atoms with Crippen LogP contribution in [0.3, 0.4) is 0 Å². The van der Waals surface area contributed by atoms with Gasteiger partial charge in [0.1, 0.15) is 18.1 Å². The molecule has 1 saturated heterocycles. The van der Waals surface area contributed by atoms with Crippen LogP contribution in [0.5, 0.6) is 11.5 Å². The fourth-order valence-corrected chi connectivity index (χ4v) is 2.85. The third kappa shape index (κ3) is 5.34. The maximum absolute atomic E-state index is 5.92. The molecule has 2 aromatic carbocycles. The highest BCUT2D eigenvalue weighted by atomic mass is 17.2. The highest BCUT2D eigenvalue weighted by molar-refractivity contribution is 5.37. The zero-order valence-electron chi connectivity index (χ0n) is 14.0. The molecule has 0 aliphatic carbocycles. The van der Waals surface area contributed by atoms with Crippen LogP contribution >= 0.6 is 0 Å². The zero-order chi connectivity index (χ0) is 16.5. The number of likely N-dealkylation sites (tertiary alicyclic amines) is 1.